The molecule has 4 nitrogen and oxygen atoms in total. The average molecular weight is 360 g/mol. The molecule has 26 heavy (non-hydrogen) atoms. The van der Waals surface area contributed by atoms with Crippen molar-refractivity contribution in [3.05, 3.63) is 12.2 Å². The van der Waals surface area contributed by atoms with Crippen LogP contribution in [0.3, 0.4) is 0 Å². The number of β-amino-alcohol motifs (C(OH)–C–C–N with tert-alkyl or cyclic N) is 1. The van der Waals surface area contributed by atoms with Gasteiger partial charge in [-0.3, -0.25) is 9.69 Å². The molecular weight excluding hydrogens is 326 g/mol. The smallest absolute Gasteiger partial charge is 0.142 e. The summed E-state index contributed by atoms with van der Waals surface area (Å²) in [5.41, 5.74) is 0.663. The largest absolute Gasteiger partial charge is 0.395 e. The maximum absolute atomic E-state index is 13.5. The van der Waals surface area contributed by atoms with E-state index in [0.29, 0.717) is 30.0 Å². The van der Waals surface area contributed by atoms with Crippen LogP contribution in [0.1, 0.15) is 51.9 Å². The summed E-state index contributed by atoms with van der Waals surface area (Å²) in [6.07, 6.45) is 6.54. The third-order valence-electron chi connectivity index (χ3n) is 9.46. The lowest BCUT2D eigenvalue weighted by Crippen LogP contribution is -2.73. The number of piperidine rings is 1. The van der Waals surface area contributed by atoms with Crippen LogP contribution in [0.5, 0.6) is 0 Å². The number of hydrogen-bond acceptors (Lipinski definition) is 4. The molecule has 6 aliphatic rings. The minimum absolute atomic E-state index is 0.134. The van der Waals surface area contributed by atoms with E-state index in [4.69, 9.17) is 0 Å². The maximum Gasteiger partial charge on any atom is 0.142 e. The highest BCUT2D eigenvalue weighted by Crippen LogP contribution is 2.72. The molecule has 0 unspecified atom stereocenters. The zero-order valence-corrected chi connectivity index (χ0v) is 16.0. The zero-order valence-electron chi connectivity index (χ0n) is 16.0. The molecule has 0 radical (unpaired) electrons. The summed E-state index contributed by atoms with van der Waals surface area (Å²) < 4.78 is 0. The number of rotatable bonds is 2. The molecule has 5 aliphatic carbocycles. The number of ketones is 1. The average Bonchev–Trinajstić information content (AvgIpc) is 2.60. The molecule has 0 aromatic heterocycles. The fourth-order valence-electron chi connectivity index (χ4n) is 8.53. The SMILES string of the molecule is C=C1[C@H]2CC[C@@]3(C(=O)C[C@@H]4[C@@]5(C)CCC[C@@]4(CN(CCO)C5)[C@@H]3C2)[C@@H]1O. The van der Waals surface area contributed by atoms with Crippen molar-refractivity contribution in [2.24, 2.45) is 34.0 Å². The Kier molecular flexibility index (Phi) is 3.63. The van der Waals surface area contributed by atoms with Crippen LogP contribution in [0.25, 0.3) is 0 Å². The molecule has 1 saturated heterocycles. The minimum atomic E-state index is -0.635. The van der Waals surface area contributed by atoms with E-state index in [-0.39, 0.29) is 17.4 Å². The Morgan fingerprint density at radius 1 is 1.23 bits per heavy atom. The van der Waals surface area contributed by atoms with Gasteiger partial charge in [0.1, 0.15) is 5.78 Å². The Morgan fingerprint density at radius 2 is 2.04 bits per heavy atom. The van der Waals surface area contributed by atoms with Crippen molar-refractivity contribution in [2.45, 2.75) is 58.0 Å². The third kappa shape index (κ3) is 1.89. The number of aliphatic hydroxyl groups excluding tert-OH is 2. The van der Waals surface area contributed by atoms with Gasteiger partial charge in [-0.05, 0) is 66.3 Å². The molecule has 7 atom stereocenters. The molecule has 0 amide bonds. The van der Waals surface area contributed by atoms with Crippen molar-refractivity contribution in [1.82, 2.24) is 4.90 Å². The van der Waals surface area contributed by atoms with E-state index in [1.54, 1.807) is 0 Å². The number of hydrogen-bond donors (Lipinski definition) is 2. The number of Topliss-reactive ketones (excluding diaryl/α,β-unsaturated/α-hetero) is 1. The summed E-state index contributed by atoms with van der Waals surface area (Å²) in [6.45, 7) is 9.52. The van der Waals surface area contributed by atoms with Crippen molar-refractivity contribution in [3.63, 3.8) is 0 Å². The summed E-state index contributed by atoms with van der Waals surface area (Å²) in [5.74, 6) is 1.46. The number of carbonyl (C=O) groups is 1. The van der Waals surface area contributed by atoms with Gasteiger partial charge in [-0.15, -0.1) is 0 Å². The lowest BCUT2D eigenvalue weighted by atomic mass is 9.34. The molecule has 2 N–H and O–H groups in total. The van der Waals surface area contributed by atoms with Gasteiger partial charge in [-0.25, -0.2) is 0 Å². The van der Waals surface area contributed by atoms with E-state index >= 15 is 0 Å². The van der Waals surface area contributed by atoms with Gasteiger partial charge >= 0.3 is 0 Å². The molecule has 6 rings (SSSR count). The summed E-state index contributed by atoms with van der Waals surface area (Å²) in [5, 5.41) is 20.7. The zero-order chi connectivity index (χ0) is 18.3. The highest BCUT2D eigenvalue weighted by Gasteiger charge is 2.72. The van der Waals surface area contributed by atoms with Crippen LogP contribution in [0.2, 0.25) is 0 Å². The topological polar surface area (TPSA) is 60.8 Å². The molecule has 1 aliphatic heterocycles. The van der Waals surface area contributed by atoms with Gasteiger partial charge in [-0.1, -0.05) is 19.9 Å². The molecule has 0 aromatic rings. The van der Waals surface area contributed by atoms with Gasteiger partial charge < -0.3 is 10.2 Å². The first-order chi connectivity index (χ1) is 12.4. The molecule has 6 fully saturated rings. The summed E-state index contributed by atoms with van der Waals surface area (Å²) in [7, 11) is 0. The van der Waals surface area contributed by atoms with E-state index < -0.39 is 11.5 Å². The van der Waals surface area contributed by atoms with Crippen molar-refractivity contribution >= 4 is 5.78 Å². The van der Waals surface area contributed by atoms with Crippen molar-refractivity contribution < 1.29 is 15.0 Å². The Labute approximate surface area is 156 Å². The summed E-state index contributed by atoms with van der Waals surface area (Å²) in [6, 6.07) is 0. The van der Waals surface area contributed by atoms with Crippen molar-refractivity contribution in [2.75, 3.05) is 26.2 Å². The van der Waals surface area contributed by atoms with E-state index in [1.807, 2.05) is 0 Å². The fourth-order valence-corrected chi connectivity index (χ4v) is 8.53. The molecule has 4 heteroatoms. The third-order valence-corrected chi connectivity index (χ3v) is 9.46. The Morgan fingerprint density at radius 3 is 2.81 bits per heavy atom. The first-order valence-corrected chi connectivity index (χ1v) is 10.6. The number of fused-ring (bicyclic) bond motifs is 2. The first-order valence-electron chi connectivity index (χ1n) is 10.6. The second-order valence-corrected chi connectivity index (χ2v) is 10.4. The number of likely N-dealkylation sites (tertiary alicyclic amines) is 1. The normalized spacial score (nSPS) is 53.3. The van der Waals surface area contributed by atoms with Crippen molar-refractivity contribution in [3.8, 4) is 0 Å². The van der Waals surface area contributed by atoms with Gasteiger partial charge in [-0.2, -0.15) is 0 Å². The minimum Gasteiger partial charge on any atom is -0.395 e. The lowest BCUT2D eigenvalue weighted by molar-refractivity contribution is -0.230. The summed E-state index contributed by atoms with van der Waals surface area (Å²) >= 11 is 0. The van der Waals surface area contributed by atoms with Crippen LogP contribution < -0.4 is 0 Å². The van der Waals surface area contributed by atoms with Gasteiger partial charge in [0.15, 0.2) is 0 Å². The Hall–Kier alpha value is -0.710. The van der Waals surface area contributed by atoms with Crippen LogP contribution in [-0.4, -0.2) is 53.2 Å². The molecular formula is C22H33NO3. The first kappa shape index (κ1) is 17.4. The van der Waals surface area contributed by atoms with Crippen LogP contribution in [-0.2, 0) is 4.79 Å². The quantitative estimate of drug-likeness (QED) is 0.743. The molecule has 1 heterocycles. The number of carbonyl (C=O) groups excluding carboxylic acids is 1. The van der Waals surface area contributed by atoms with Gasteiger partial charge in [0.25, 0.3) is 0 Å². The van der Waals surface area contributed by atoms with Gasteiger partial charge in [0, 0.05) is 26.1 Å². The van der Waals surface area contributed by atoms with Crippen LogP contribution >= 0.6 is 0 Å². The second kappa shape index (κ2) is 5.42. The Balaban J connectivity index is 1.64. The standard InChI is InChI=1S/C22H33NO3/c1-14-15-4-7-22(19(14)26)17(10-15)21-6-3-5-20(2,16(21)11-18(22)25)12-23(13-21)8-9-24/h15-17,19,24,26H,1,3-13H2,2H3/t15-,16+,17-,19+,20-,21-,22+/m0/s1. The van der Waals surface area contributed by atoms with E-state index in [0.717, 1.165) is 44.5 Å². The fraction of sp³-hybridized carbons (Fsp3) is 0.864. The van der Waals surface area contributed by atoms with Crippen molar-refractivity contribution in [1.29, 1.82) is 0 Å². The highest BCUT2D eigenvalue weighted by molar-refractivity contribution is 5.88. The van der Waals surface area contributed by atoms with Crippen LogP contribution in [0.4, 0.5) is 0 Å². The lowest BCUT2D eigenvalue weighted by Gasteiger charge is -2.72. The monoisotopic (exact) mass is 359 g/mol. The molecule has 5 saturated carbocycles. The number of aliphatic hydroxyl groups is 2. The highest BCUT2D eigenvalue weighted by atomic mass is 16.3. The predicted molar refractivity (Wildman–Crippen MR) is 99.4 cm³/mol. The number of nitrogens with zero attached hydrogens (tertiary/aromatic N) is 1. The Bertz CT molecular complexity index is 662. The second-order valence-electron chi connectivity index (χ2n) is 10.4. The summed E-state index contributed by atoms with van der Waals surface area (Å²) in [4.78, 5) is 16.0. The predicted octanol–water partition coefficient (Wildman–Crippen LogP) is 2.39. The van der Waals surface area contributed by atoms with E-state index in [1.165, 1.54) is 19.3 Å². The molecule has 144 valence electrons. The molecule has 4 bridgehead atoms. The van der Waals surface area contributed by atoms with Gasteiger partial charge in [0.05, 0.1) is 18.1 Å². The van der Waals surface area contributed by atoms with E-state index in [9.17, 15) is 15.0 Å². The van der Waals surface area contributed by atoms with E-state index in [2.05, 4.69) is 18.4 Å². The maximum atomic E-state index is 13.5. The van der Waals surface area contributed by atoms with Crippen LogP contribution in [0, 0.1) is 34.0 Å². The molecule has 0 aromatic carbocycles. The molecule has 1 spiro atoms. The van der Waals surface area contributed by atoms with Crippen LogP contribution in [0.15, 0.2) is 12.2 Å². The van der Waals surface area contributed by atoms with Gasteiger partial charge in [0.2, 0.25) is 0 Å².